The Kier molecular flexibility index (Phi) is 6.45. The maximum atomic E-state index is 11.9. The molecule has 1 aromatic carbocycles. The minimum atomic E-state index is -0.561. The molecule has 0 atom stereocenters. The Hall–Kier alpha value is -2.15. The van der Waals surface area contributed by atoms with Crippen LogP contribution >= 0.6 is 0 Å². The first-order valence-electron chi connectivity index (χ1n) is 6.46. The van der Waals surface area contributed by atoms with Crippen LogP contribution in [0.1, 0.15) is 30.1 Å². The summed E-state index contributed by atoms with van der Waals surface area (Å²) in [5, 5.41) is 13.3. The van der Waals surface area contributed by atoms with Gasteiger partial charge in [0.2, 0.25) is 0 Å². The fraction of sp³-hybridized carbons (Fsp3) is 0.462. The number of rotatable bonds is 8. The number of nitrogens with zero attached hydrogens (tertiary/aromatic N) is 1. The minimum Gasteiger partial charge on any atom is -0.398 e. The van der Waals surface area contributed by atoms with Crippen LogP contribution in [0.3, 0.4) is 0 Å². The van der Waals surface area contributed by atoms with Gasteiger partial charge in [-0.25, -0.2) is 0 Å². The van der Waals surface area contributed by atoms with Crippen LogP contribution in [0.4, 0.5) is 11.4 Å². The van der Waals surface area contributed by atoms with E-state index in [9.17, 15) is 14.9 Å². The van der Waals surface area contributed by atoms with Crippen LogP contribution in [0.15, 0.2) is 18.2 Å². The van der Waals surface area contributed by atoms with E-state index < -0.39 is 10.8 Å². The Morgan fingerprint density at radius 1 is 1.45 bits per heavy atom. The number of anilines is 1. The predicted octanol–water partition coefficient (Wildman–Crippen LogP) is 1.72. The fourth-order valence-corrected chi connectivity index (χ4v) is 1.57. The summed E-state index contributed by atoms with van der Waals surface area (Å²) in [5.41, 5.74) is 5.83. The molecule has 110 valence electrons. The molecular formula is C13H19N3O4. The minimum absolute atomic E-state index is 0.119. The van der Waals surface area contributed by atoms with Gasteiger partial charge >= 0.3 is 0 Å². The molecule has 0 aliphatic carbocycles. The van der Waals surface area contributed by atoms with Crippen LogP contribution in [0.5, 0.6) is 0 Å². The van der Waals surface area contributed by atoms with Crippen LogP contribution in [-0.4, -0.2) is 30.6 Å². The number of ether oxygens (including phenoxy) is 1. The normalized spacial score (nSPS) is 10.2. The Balaban J connectivity index is 2.50. The van der Waals surface area contributed by atoms with Crippen molar-refractivity contribution in [2.75, 3.05) is 25.5 Å². The second kappa shape index (κ2) is 8.11. The Labute approximate surface area is 117 Å². The largest absolute Gasteiger partial charge is 0.398 e. The zero-order valence-electron chi connectivity index (χ0n) is 11.4. The maximum Gasteiger partial charge on any atom is 0.270 e. The Bertz CT molecular complexity index is 477. The Morgan fingerprint density at radius 2 is 2.20 bits per heavy atom. The third-order valence-electron chi connectivity index (χ3n) is 2.59. The van der Waals surface area contributed by atoms with Crippen molar-refractivity contribution >= 4 is 17.3 Å². The standard InChI is InChI=1S/C13H19N3O4/c1-2-7-20-8-3-6-15-13(17)11-9-10(16(18)19)4-5-12(11)14/h4-5,9H,2-3,6-8,14H2,1H3,(H,15,17). The first kappa shape index (κ1) is 15.9. The molecule has 0 aliphatic heterocycles. The van der Waals surface area contributed by atoms with E-state index in [-0.39, 0.29) is 16.9 Å². The van der Waals surface area contributed by atoms with Crippen LogP contribution in [0, 0.1) is 10.1 Å². The summed E-state index contributed by atoms with van der Waals surface area (Å²) in [4.78, 5) is 22.0. The second-order valence-corrected chi connectivity index (χ2v) is 4.25. The lowest BCUT2D eigenvalue weighted by Gasteiger charge is -2.07. The van der Waals surface area contributed by atoms with E-state index in [2.05, 4.69) is 5.32 Å². The summed E-state index contributed by atoms with van der Waals surface area (Å²) in [6.07, 6.45) is 1.64. The molecular weight excluding hydrogens is 262 g/mol. The van der Waals surface area contributed by atoms with Gasteiger partial charge in [-0.05, 0) is 18.9 Å². The molecule has 0 spiro atoms. The van der Waals surface area contributed by atoms with Crippen molar-refractivity contribution in [1.82, 2.24) is 5.32 Å². The van der Waals surface area contributed by atoms with E-state index in [1.807, 2.05) is 6.92 Å². The van der Waals surface area contributed by atoms with Gasteiger partial charge in [-0.1, -0.05) is 6.92 Å². The molecule has 0 radical (unpaired) electrons. The highest BCUT2D eigenvalue weighted by molar-refractivity contribution is 5.99. The van der Waals surface area contributed by atoms with E-state index >= 15 is 0 Å². The first-order chi connectivity index (χ1) is 9.56. The highest BCUT2D eigenvalue weighted by Gasteiger charge is 2.14. The smallest absolute Gasteiger partial charge is 0.270 e. The lowest BCUT2D eigenvalue weighted by atomic mass is 10.1. The van der Waals surface area contributed by atoms with Crippen molar-refractivity contribution in [3.05, 3.63) is 33.9 Å². The number of nitrogens with two attached hydrogens (primary N) is 1. The average Bonchev–Trinajstić information content (AvgIpc) is 2.42. The van der Waals surface area contributed by atoms with Gasteiger partial charge in [-0.15, -0.1) is 0 Å². The number of carbonyl (C=O) groups excluding carboxylic acids is 1. The maximum absolute atomic E-state index is 11.9. The molecule has 0 fully saturated rings. The number of nitrogen functional groups attached to an aromatic ring is 1. The summed E-state index contributed by atoms with van der Waals surface area (Å²) >= 11 is 0. The van der Waals surface area contributed by atoms with Gasteiger partial charge in [0.1, 0.15) is 0 Å². The number of nitro benzene ring substituents is 1. The Morgan fingerprint density at radius 3 is 2.85 bits per heavy atom. The predicted molar refractivity (Wildman–Crippen MR) is 75.6 cm³/mol. The van der Waals surface area contributed by atoms with E-state index in [1.54, 1.807) is 0 Å². The first-order valence-corrected chi connectivity index (χ1v) is 6.46. The summed E-state index contributed by atoms with van der Waals surface area (Å²) in [6, 6.07) is 3.81. The SMILES string of the molecule is CCCOCCCNC(=O)c1cc([N+](=O)[O-])ccc1N. The van der Waals surface area contributed by atoms with Gasteiger partial charge in [0, 0.05) is 37.6 Å². The molecule has 3 N–H and O–H groups in total. The van der Waals surface area contributed by atoms with Crippen LogP contribution < -0.4 is 11.1 Å². The molecule has 0 heterocycles. The van der Waals surface area contributed by atoms with Gasteiger partial charge in [0.25, 0.3) is 11.6 Å². The number of nitrogens with one attached hydrogen (secondary N) is 1. The number of nitro groups is 1. The molecule has 0 saturated carbocycles. The highest BCUT2D eigenvalue weighted by atomic mass is 16.6. The number of carbonyl (C=O) groups is 1. The molecule has 1 amide bonds. The van der Waals surface area contributed by atoms with E-state index in [4.69, 9.17) is 10.5 Å². The van der Waals surface area contributed by atoms with Gasteiger partial charge in [0.15, 0.2) is 0 Å². The van der Waals surface area contributed by atoms with Crippen molar-refractivity contribution in [2.24, 2.45) is 0 Å². The summed E-state index contributed by atoms with van der Waals surface area (Å²) in [7, 11) is 0. The molecule has 1 aromatic rings. The summed E-state index contributed by atoms with van der Waals surface area (Å²) in [5.74, 6) is -0.415. The number of hydrogen-bond donors (Lipinski definition) is 2. The topological polar surface area (TPSA) is 107 Å². The van der Waals surface area contributed by atoms with Crippen LogP contribution in [0.2, 0.25) is 0 Å². The number of non-ortho nitro benzene ring substituents is 1. The summed E-state index contributed by atoms with van der Waals surface area (Å²) < 4.78 is 5.28. The number of amides is 1. The van der Waals surface area contributed by atoms with Gasteiger partial charge in [-0.3, -0.25) is 14.9 Å². The van der Waals surface area contributed by atoms with Crippen molar-refractivity contribution in [1.29, 1.82) is 0 Å². The third-order valence-corrected chi connectivity index (χ3v) is 2.59. The average molecular weight is 281 g/mol. The van der Waals surface area contributed by atoms with Gasteiger partial charge in [0.05, 0.1) is 10.5 Å². The van der Waals surface area contributed by atoms with E-state index in [1.165, 1.54) is 18.2 Å². The number of hydrogen-bond acceptors (Lipinski definition) is 5. The van der Waals surface area contributed by atoms with Crippen molar-refractivity contribution in [3.63, 3.8) is 0 Å². The lowest BCUT2D eigenvalue weighted by Crippen LogP contribution is -2.26. The van der Waals surface area contributed by atoms with E-state index in [0.29, 0.717) is 26.2 Å². The zero-order chi connectivity index (χ0) is 15.0. The van der Waals surface area contributed by atoms with Crippen LogP contribution in [-0.2, 0) is 4.74 Å². The fourth-order valence-electron chi connectivity index (χ4n) is 1.57. The van der Waals surface area contributed by atoms with Crippen molar-refractivity contribution in [3.8, 4) is 0 Å². The molecule has 0 saturated heterocycles. The summed E-state index contributed by atoms with van der Waals surface area (Å²) in [6.45, 7) is 3.72. The molecule has 20 heavy (non-hydrogen) atoms. The monoisotopic (exact) mass is 281 g/mol. The highest BCUT2D eigenvalue weighted by Crippen LogP contribution is 2.19. The molecule has 0 bridgehead atoms. The van der Waals surface area contributed by atoms with Gasteiger partial charge < -0.3 is 15.8 Å². The molecule has 7 nitrogen and oxygen atoms in total. The zero-order valence-corrected chi connectivity index (χ0v) is 11.4. The van der Waals surface area contributed by atoms with Crippen LogP contribution in [0.25, 0.3) is 0 Å². The van der Waals surface area contributed by atoms with Gasteiger partial charge in [-0.2, -0.15) is 0 Å². The molecule has 0 aliphatic rings. The number of benzene rings is 1. The molecule has 0 aromatic heterocycles. The quantitative estimate of drug-likeness (QED) is 0.326. The van der Waals surface area contributed by atoms with E-state index in [0.717, 1.165) is 6.42 Å². The second-order valence-electron chi connectivity index (χ2n) is 4.25. The molecule has 1 rings (SSSR count). The lowest BCUT2D eigenvalue weighted by molar-refractivity contribution is -0.384. The molecule has 7 heteroatoms. The van der Waals surface area contributed by atoms with Crippen molar-refractivity contribution in [2.45, 2.75) is 19.8 Å². The molecule has 0 unspecified atom stereocenters. The van der Waals surface area contributed by atoms with Crippen molar-refractivity contribution < 1.29 is 14.5 Å². The third kappa shape index (κ3) is 4.85.